The molecular weight excluding hydrogens is 343 g/mol. The van der Waals surface area contributed by atoms with Gasteiger partial charge in [-0.3, -0.25) is 0 Å². The van der Waals surface area contributed by atoms with Gasteiger partial charge in [-0.15, -0.1) is 0 Å². The lowest BCUT2D eigenvalue weighted by Crippen LogP contribution is -2.29. The topological polar surface area (TPSA) is 47.7 Å². The second-order valence-electron chi connectivity index (χ2n) is 4.04. The van der Waals surface area contributed by atoms with Crippen molar-refractivity contribution in [2.45, 2.75) is 6.42 Å². The highest BCUT2D eigenvalue weighted by molar-refractivity contribution is 14.1. The van der Waals surface area contributed by atoms with Crippen LogP contribution in [0.3, 0.4) is 0 Å². The number of methoxy groups -OCH3 is 2. The Morgan fingerprint density at radius 1 is 1.17 bits per heavy atom. The largest absolute Gasteiger partial charge is 0.399 e. The van der Waals surface area contributed by atoms with E-state index in [4.69, 9.17) is 15.2 Å². The fourth-order valence-electron chi connectivity index (χ4n) is 1.73. The molecule has 0 aliphatic rings. The van der Waals surface area contributed by atoms with Crippen molar-refractivity contribution in [3.63, 3.8) is 0 Å². The van der Waals surface area contributed by atoms with E-state index in [0.29, 0.717) is 6.61 Å². The van der Waals surface area contributed by atoms with E-state index in [1.165, 1.54) is 9.26 Å². The van der Waals surface area contributed by atoms with E-state index in [1.54, 1.807) is 14.2 Å². The van der Waals surface area contributed by atoms with Crippen LogP contribution in [0.5, 0.6) is 0 Å². The first kappa shape index (κ1) is 15.5. The number of nitrogen functional groups attached to an aromatic ring is 1. The average molecular weight is 364 g/mol. The molecule has 1 aromatic carbocycles. The lowest BCUT2D eigenvalue weighted by Gasteiger charge is -2.25. The molecule has 102 valence electrons. The zero-order valence-corrected chi connectivity index (χ0v) is 13.1. The number of hydrogen-bond acceptors (Lipinski definition) is 4. The summed E-state index contributed by atoms with van der Waals surface area (Å²) in [6.45, 7) is 3.32. The van der Waals surface area contributed by atoms with Gasteiger partial charge in [-0.2, -0.15) is 0 Å². The zero-order chi connectivity index (χ0) is 13.4. The minimum Gasteiger partial charge on any atom is -0.399 e. The average Bonchev–Trinajstić information content (AvgIpc) is 2.34. The Bertz CT molecular complexity index is 361. The number of nitrogens with zero attached hydrogens (tertiary/aromatic N) is 1. The van der Waals surface area contributed by atoms with Crippen molar-refractivity contribution in [1.29, 1.82) is 0 Å². The summed E-state index contributed by atoms with van der Waals surface area (Å²) in [5.74, 6) is 0. The van der Waals surface area contributed by atoms with E-state index in [9.17, 15) is 0 Å². The van der Waals surface area contributed by atoms with Gasteiger partial charge in [0.05, 0.1) is 12.3 Å². The van der Waals surface area contributed by atoms with E-state index in [2.05, 4.69) is 33.6 Å². The van der Waals surface area contributed by atoms with Gasteiger partial charge < -0.3 is 20.1 Å². The molecule has 18 heavy (non-hydrogen) atoms. The van der Waals surface area contributed by atoms with E-state index >= 15 is 0 Å². The van der Waals surface area contributed by atoms with Crippen LogP contribution in [0.2, 0.25) is 0 Å². The monoisotopic (exact) mass is 364 g/mol. The molecule has 0 amide bonds. The van der Waals surface area contributed by atoms with Gasteiger partial charge in [-0.25, -0.2) is 0 Å². The normalized spacial score (nSPS) is 10.6. The number of ether oxygens (including phenoxy) is 2. The summed E-state index contributed by atoms with van der Waals surface area (Å²) in [5.41, 5.74) is 7.79. The Labute approximate surface area is 123 Å². The van der Waals surface area contributed by atoms with Gasteiger partial charge in [0.15, 0.2) is 0 Å². The van der Waals surface area contributed by atoms with Crippen molar-refractivity contribution < 1.29 is 9.47 Å². The minimum absolute atomic E-state index is 0.716. The van der Waals surface area contributed by atoms with Crippen LogP contribution in [0.25, 0.3) is 0 Å². The summed E-state index contributed by atoms with van der Waals surface area (Å²) in [7, 11) is 3.45. The Morgan fingerprint density at radius 3 is 2.50 bits per heavy atom. The summed E-state index contributed by atoms with van der Waals surface area (Å²) >= 11 is 2.32. The van der Waals surface area contributed by atoms with Gasteiger partial charge in [0, 0.05) is 43.2 Å². The molecule has 0 spiro atoms. The Balaban J connectivity index is 2.73. The van der Waals surface area contributed by atoms with Gasteiger partial charge in [-0.1, -0.05) is 0 Å². The van der Waals surface area contributed by atoms with Crippen LogP contribution in [0, 0.1) is 3.57 Å². The summed E-state index contributed by atoms with van der Waals surface area (Å²) in [4.78, 5) is 2.31. The molecule has 0 atom stereocenters. The van der Waals surface area contributed by atoms with Gasteiger partial charge in [0.2, 0.25) is 0 Å². The zero-order valence-electron chi connectivity index (χ0n) is 11.0. The maximum Gasteiger partial charge on any atom is 0.0637 e. The van der Waals surface area contributed by atoms with Crippen molar-refractivity contribution in [3.05, 3.63) is 21.8 Å². The summed E-state index contributed by atoms with van der Waals surface area (Å²) in [5, 5.41) is 0. The van der Waals surface area contributed by atoms with Crippen molar-refractivity contribution in [2.24, 2.45) is 0 Å². The number of benzene rings is 1. The summed E-state index contributed by atoms with van der Waals surface area (Å²) in [6, 6.07) is 6.00. The van der Waals surface area contributed by atoms with Crippen LogP contribution in [-0.4, -0.2) is 40.5 Å². The molecule has 1 aromatic rings. The van der Waals surface area contributed by atoms with Gasteiger partial charge in [0.25, 0.3) is 0 Å². The molecule has 0 unspecified atom stereocenters. The van der Waals surface area contributed by atoms with Crippen molar-refractivity contribution in [2.75, 3.05) is 51.2 Å². The number of halogens is 1. The van der Waals surface area contributed by atoms with Crippen molar-refractivity contribution in [1.82, 2.24) is 0 Å². The molecule has 0 saturated carbocycles. The predicted octanol–water partition coefficient (Wildman–Crippen LogP) is 2.36. The highest BCUT2D eigenvalue weighted by Gasteiger charge is 2.09. The molecular formula is C13H21IN2O2. The highest BCUT2D eigenvalue weighted by atomic mass is 127. The molecule has 1 rings (SSSR count). The molecule has 0 aliphatic carbocycles. The number of nitrogens with two attached hydrogens (primary N) is 1. The fraction of sp³-hybridized carbons (Fsp3) is 0.538. The van der Waals surface area contributed by atoms with Gasteiger partial charge in [0.1, 0.15) is 0 Å². The van der Waals surface area contributed by atoms with Crippen LogP contribution in [0.1, 0.15) is 6.42 Å². The lowest BCUT2D eigenvalue weighted by molar-refractivity contribution is 0.191. The van der Waals surface area contributed by atoms with Gasteiger partial charge in [-0.05, 0) is 47.2 Å². The van der Waals surface area contributed by atoms with Crippen molar-refractivity contribution >= 4 is 34.0 Å². The molecule has 5 heteroatoms. The maximum atomic E-state index is 5.78. The van der Waals surface area contributed by atoms with Gasteiger partial charge >= 0.3 is 0 Å². The SMILES string of the molecule is COCCCN(CCOC)c1ccc(N)cc1I. The first-order valence-corrected chi connectivity index (χ1v) is 7.04. The number of anilines is 2. The molecule has 4 nitrogen and oxygen atoms in total. The van der Waals surface area contributed by atoms with Crippen molar-refractivity contribution in [3.8, 4) is 0 Å². The molecule has 0 radical (unpaired) electrons. The molecule has 0 saturated heterocycles. The Kier molecular flexibility index (Phi) is 7.38. The van der Waals surface area contributed by atoms with E-state index < -0.39 is 0 Å². The summed E-state index contributed by atoms with van der Waals surface area (Å²) < 4.78 is 11.4. The lowest BCUT2D eigenvalue weighted by atomic mass is 10.2. The molecule has 0 heterocycles. The third kappa shape index (κ3) is 4.99. The molecule has 0 fully saturated rings. The van der Waals surface area contributed by atoms with Crippen LogP contribution >= 0.6 is 22.6 Å². The van der Waals surface area contributed by atoms with E-state index in [0.717, 1.165) is 31.8 Å². The maximum absolute atomic E-state index is 5.78. The second-order valence-corrected chi connectivity index (χ2v) is 5.20. The van der Waals surface area contributed by atoms with E-state index in [-0.39, 0.29) is 0 Å². The van der Waals surface area contributed by atoms with Crippen LogP contribution < -0.4 is 10.6 Å². The van der Waals surface area contributed by atoms with Crippen LogP contribution in [0.15, 0.2) is 18.2 Å². The summed E-state index contributed by atoms with van der Waals surface area (Å²) in [6.07, 6.45) is 1.00. The Hall–Kier alpha value is -0.530. The molecule has 0 aliphatic heterocycles. The molecule has 0 bridgehead atoms. The highest BCUT2D eigenvalue weighted by Crippen LogP contribution is 2.24. The number of hydrogen-bond donors (Lipinski definition) is 1. The standard InChI is InChI=1S/C13H21IN2O2/c1-17-8-3-6-16(7-9-18-2)13-5-4-11(15)10-12(13)14/h4-5,10H,3,6-9,15H2,1-2H3. The fourth-order valence-corrected chi connectivity index (χ4v) is 2.61. The van der Waals surface area contributed by atoms with E-state index in [1.807, 2.05) is 12.1 Å². The molecule has 0 aromatic heterocycles. The third-order valence-electron chi connectivity index (χ3n) is 2.65. The first-order valence-electron chi connectivity index (χ1n) is 5.97. The third-order valence-corrected chi connectivity index (χ3v) is 3.52. The van der Waals surface area contributed by atoms with Crippen LogP contribution in [0.4, 0.5) is 11.4 Å². The predicted molar refractivity (Wildman–Crippen MR) is 84.2 cm³/mol. The first-order chi connectivity index (χ1) is 8.69. The smallest absolute Gasteiger partial charge is 0.0637 e. The van der Waals surface area contributed by atoms with Crippen LogP contribution in [-0.2, 0) is 9.47 Å². The molecule has 2 N–H and O–H groups in total. The quantitative estimate of drug-likeness (QED) is 0.437. The second kappa shape index (κ2) is 8.55. The number of rotatable bonds is 8. The minimum atomic E-state index is 0.716. The Morgan fingerprint density at radius 2 is 1.89 bits per heavy atom.